The Hall–Kier alpha value is -3.33. The van der Waals surface area contributed by atoms with Gasteiger partial charge in [0.2, 0.25) is 0 Å². The van der Waals surface area contributed by atoms with Crippen LogP contribution in [0.4, 0.5) is 11.5 Å². The summed E-state index contributed by atoms with van der Waals surface area (Å²) >= 11 is 0. The summed E-state index contributed by atoms with van der Waals surface area (Å²) in [5.74, 6) is 0.835. The number of benzene rings is 2. The second kappa shape index (κ2) is 9.44. The molecule has 2 N–H and O–H groups in total. The van der Waals surface area contributed by atoms with E-state index in [2.05, 4.69) is 19.8 Å². The smallest absolute Gasteiger partial charge is 0.265 e. The molecule has 4 rings (SSSR count). The Labute approximate surface area is 187 Å². The fourth-order valence-corrected chi connectivity index (χ4v) is 4.90. The van der Waals surface area contributed by atoms with Gasteiger partial charge in [0.05, 0.1) is 12.8 Å². The summed E-state index contributed by atoms with van der Waals surface area (Å²) in [6.07, 6.45) is 4.82. The number of aromatic nitrogens is 2. The monoisotopic (exact) mass is 454 g/mol. The summed E-state index contributed by atoms with van der Waals surface area (Å²) in [6.45, 7) is 1.98. The molecule has 0 atom stereocenters. The maximum atomic E-state index is 12.8. The zero-order valence-electron chi connectivity index (χ0n) is 17.9. The molecule has 1 aromatic heterocycles. The Morgan fingerprint density at radius 1 is 0.969 bits per heavy atom. The lowest BCUT2D eigenvalue weighted by Gasteiger charge is -2.20. The Balaban J connectivity index is 1.55. The molecular weight excluding hydrogens is 428 g/mol. The number of phenols is 1. The van der Waals surface area contributed by atoms with Crippen LogP contribution < -0.4 is 14.4 Å². The third kappa shape index (κ3) is 4.94. The summed E-state index contributed by atoms with van der Waals surface area (Å²) in [6, 6.07) is 14.8. The number of nitrogens with zero attached hydrogens (tertiary/aromatic N) is 3. The molecule has 1 fully saturated rings. The number of hydrogen-bond acceptors (Lipinski definition) is 7. The molecule has 2 heterocycles. The number of rotatable bonds is 6. The van der Waals surface area contributed by atoms with E-state index >= 15 is 0 Å². The highest BCUT2D eigenvalue weighted by Gasteiger charge is 2.20. The van der Waals surface area contributed by atoms with Crippen molar-refractivity contribution in [1.29, 1.82) is 0 Å². The van der Waals surface area contributed by atoms with E-state index in [1.807, 2.05) is 18.2 Å². The van der Waals surface area contributed by atoms with E-state index < -0.39 is 10.0 Å². The summed E-state index contributed by atoms with van der Waals surface area (Å²) in [4.78, 5) is 2.00. The van der Waals surface area contributed by atoms with E-state index in [0.717, 1.165) is 37.3 Å². The van der Waals surface area contributed by atoms with Gasteiger partial charge in [-0.15, -0.1) is 10.2 Å². The van der Waals surface area contributed by atoms with Crippen LogP contribution in [0.3, 0.4) is 0 Å². The normalized spacial score (nSPS) is 14.6. The molecule has 0 unspecified atom stereocenters. The van der Waals surface area contributed by atoms with Crippen molar-refractivity contribution in [2.24, 2.45) is 0 Å². The van der Waals surface area contributed by atoms with Gasteiger partial charge in [0.1, 0.15) is 16.4 Å². The molecule has 0 aliphatic carbocycles. The van der Waals surface area contributed by atoms with Gasteiger partial charge in [-0.3, -0.25) is 4.72 Å². The first-order chi connectivity index (χ1) is 15.5. The second-order valence-electron chi connectivity index (χ2n) is 7.70. The number of nitrogens with one attached hydrogen (secondary N) is 1. The third-order valence-electron chi connectivity index (χ3n) is 5.45. The van der Waals surface area contributed by atoms with Crippen molar-refractivity contribution in [2.45, 2.75) is 30.6 Å². The van der Waals surface area contributed by atoms with Gasteiger partial charge in [0.15, 0.2) is 5.82 Å². The Morgan fingerprint density at radius 2 is 1.75 bits per heavy atom. The quantitative estimate of drug-likeness (QED) is 0.579. The van der Waals surface area contributed by atoms with Crippen molar-refractivity contribution in [3.63, 3.8) is 0 Å². The molecule has 168 valence electrons. The van der Waals surface area contributed by atoms with Crippen molar-refractivity contribution in [3.05, 3.63) is 54.6 Å². The molecule has 1 aliphatic rings. The van der Waals surface area contributed by atoms with Gasteiger partial charge >= 0.3 is 0 Å². The predicted octanol–water partition coefficient (Wildman–Crippen LogP) is 4.04. The molecule has 0 radical (unpaired) electrons. The van der Waals surface area contributed by atoms with E-state index in [0.29, 0.717) is 17.1 Å². The minimum Gasteiger partial charge on any atom is -0.507 e. The molecule has 32 heavy (non-hydrogen) atoms. The predicted molar refractivity (Wildman–Crippen MR) is 124 cm³/mol. The maximum Gasteiger partial charge on any atom is 0.265 e. The van der Waals surface area contributed by atoms with E-state index in [1.54, 1.807) is 18.2 Å². The molecule has 0 spiro atoms. The molecule has 0 bridgehead atoms. The average Bonchev–Trinajstić information content (AvgIpc) is 3.09. The number of ether oxygens (including phenoxy) is 1. The van der Waals surface area contributed by atoms with Crippen LogP contribution in [-0.4, -0.2) is 43.9 Å². The zero-order valence-corrected chi connectivity index (χ0v) is 18.7. The molecule has 2 aromatic carbocycles. The minimum absolute atomic E-state index is 0.260. The molecule has 0 saturated carbocycles. The first-order valence-electron chi connectivity index (χ1n) is 10.6. The van der Waals surface area contributed by atoms with Gasteiger partial charge in [-0.2, -0.15) is 0 Å². The van der Waals surface area contributed by atoms with Crippen molar-refractivity contribution < 1.29 is 18.3 Å². The number of methoxy groups -OCH3 is 1. The van der Waals surface area contributed by atoms with E-state index in [4.69, 9.17) is 4.74 Å². The van der Waals surface area contributed by atoms with Crippen LogP contribution in [0.5, 0.6) is 11.5 Å². The van der Waals surface area contributed by atoms with Crippen molar-refractivity contribution in [2.75, 3.05) is 29.8 Å². The summed E-state index contributed by atoms with van der Waals surface area (Å²) in [7, 11) is -2.59. The van der Waals surface area contributed by atoms with E-state index in [1.165, 1.54) is 38.2 Å². The lowest BCUT2D eigenvalue weighted by atomic mass is 10.1. The van der Waals surface area contributed by atoms with Crippen LogP contribution in [-0.2, 0) is 10.0 Å². The zero-order chi connectivity index (χ0) is 22.6. The highest BCUT2D eigenvalue weighted by atomic mass is 32.2. The summed E-state index contributed by atoms with van der Waals surface area (Å²) in [5.41, 5.74) is 1.73. The van der Waals surface area contributed by atoms with Crippen molar-refractivity contribution >= 4 is 21.5 Å². The summed E-state index contributed by atoms with van der Waals surface area (Å²) < 4.78 is 33.2. The van der Waals surface area contributed by atoms with Crippen LogP contribution in [0.2, 0.25) is 0 Å². The largest absolute Gasteiger partial charge is 0.507 e. The number of hydrogen-bond donors (Lipinski definition) is 2. The lowest BCUT2D eigenvalue weighted by Crippen LogP contribution is -2.25. The highest BCUT2D eigenvalue weighted by molar-refractivity contribution is 7.92. The first kappa shape index (κ1) is 21.9. The summed E-state index contributed by atoms with van der Waals surface area (Å²) in [5, 5.41) is 18.8. The lowest BCUT2D eigenvalue weighted by molar-refractivity contribution is 0.408. The molecule has 9 heteroatoms. The van der Waals surface area contributed by atoms with Crippen LogP contribution in [0, 0.1) is 0 Å². The topological polar surface area (TPSA) is 105 Å². The van der Waals surface area contributed by atoms with E-state index in [9.17, 15) is 13.5 Å². The van der Waals surface area contributed by atoms with Gasteiger partial charge < -0.3 is 14.7 Å². The van der Waals surface area contributed by atoms with Crippen molar-refractivity contribution in [1.82, 2.24) is 10.2 Å². The van der Waals surface area contributed by atoms with E-state index in [-0.39, 0.29) is 10.6 Å². The highest BCUT2D eigenvalue weighted by Crippen LogP contribution is 2.30. The van der Waals surface area contributed by atoms with Crippen LogP contribution in [0.15, 0.2) is 59.5 Å². The average molecular weight is 455 g/mol. The van der Waals surface area contributed by atoms with Gasteiger partial charge in [0.25, 0.3) is 10.0 Å². The Bertz CT molecular complexity index is 1170. The van der Waals surface area contributed by atoms with Gasteiger partial charge in [-0.05, 0) is 49.2 Å². The standard InChI is InChI=1S/C23H26N4O4S/c1-31-19-9-11-21(28)22(16-19)32(29,30)26-18-8-6-7-17(15-18)20-10-12-23(25-24-20)27-13-4-2-3-5-14-27/h6-12,15-16,26,28H,2-5,13-14H2,1H3. The molecule has 0 amide bonds. The fourth-order valence-electron chi connectivity index (χ4n) is 3.74. The second-order valence-corrected chi connectivity index (χ2v) is 9.35. The number of aromatic hydroxyl groups is 1. The first-order valence-corrected chi connectivity index (χ1v) is 12.0. The molecule has 1 aliphatic heterocycles. The van der Waals surface area contributed by atoms with Crippen LogP contribution in [0.1, 0.15) is 25.7 Å². The Kier molecular flexibility index (Phi) is 6.45. The maximum absolute atomic E-state index is 12.8. The SMILES string of the molecule is COc1ccc(O)c(S(=O)(=O)Nc2cccc(-c3ccc(N4CCCCCC4)nn3)c2)c1. The number of phenolic OH excluding ortho intramolecular Hbond substituents is 1. The van der Waals surface area contributed by atoms with Gasteiger partial charge in [-0.25, -0.2) is 8.42 Å². The molecular formula is C23H26N4O4S. The fraction of sp³-hybridized carbons (Fsp3) is 0.304. The van der Waals surface area contributed by atoms with Crippen LogP contribution in [0.25, 0.3) is 11.3 Å². The van der Waals surface area contributed by atoms with Crippen molar-refractivity contribution in [3.8, 4) is 22.8 Å². The molecule has 1 saturated heterocycles. The number of anilines is 2. The molecule has 8 nitrogen and oxygen atoms in total. The Morgan fingerprint density at radius 3 is 2.44 bits per heavy atom. The van der Waals surface area contributed by atoms with Gasteiger partial charge in [-0.1, -0.05) is 25.0 Å². The molecule has 3 aromatic rings. The van der Waals surface area contributed by atoms with Crippen LogP contribution >= 0.6 is 0 Å². The third-order valence-corrected chi connectivity index (χ3v) is 6.86. The minimum atomic E-state index is -4.02. The number of sulfonamides is 1. The van der Waals surface area contributed by atoms with Gasteiger partial charge in [0, 0.05) is 30.4 Å².